The molecule has 0 amide bonds. The standard InChI is InChI=1S/C23H32/c1-4-5-19-7-10-20(11-8-19)21-12-14-22(15-13-21)23-9-6-17(2)18(3)16-23/h4,6,9,14,16,19-21H,1,5,7-8,10-13,15H2,2-3H3/t19-,20-,21?. The van der Waals surface area contributed by atoms with E-state index in [2.05, 4.69) is 50.8 Å². The molecule has 2 aliphatic rings. The lowest BCUT2D eigenvalue weighted by molar-refractivity contribution is 0.196. The summed E-state index contributed by atoms with van der Waals surface area (Å²) in [7, 11) is 0. The van der Waals surface area contributed by atoms with Gasteiger partial charge >= 0.3 is 0 Å². The van der Waals surface area contributed by atoms with Gasteiger partial charge in [-0.05, 0) is 105 Å². The van der Waals surface area contributed by atoms with Crippen molar-refractivity contribution in [2.24, 2.45) is 17.8 Å². The number of rotatable bonds is 4. The molecule has 1 aromatic carbocycles. The molecule has 1 saturated carbocycles. The zero-order valence-corrected chi connectivity index (χ0v) is 15.0. The van der Waals surface area contributed by atoms with Crippen molar-refractivity contribution in [3.05, 3.63) is 53.6 Å². The van der Waals surface area contributed by atoms with Crippen molar-refractivity contribution < 1.29 is 0 Å². The lowest BCUT2D eigenvalue weighted by Gasteiger charge is -2.35. The maximum absolute atomic E-state index is 3.90. The third-order valence-corrected chi connectivity index (χ3v) is 6.39. The predicted octanol–water partition coefficient (Wildman–Crippen LogP) is 6.87. The van der Waals surface area contributed by atoms with Crippen LogP contribution in [-0.4, -0.2) is 0 Å². The molecular formula is C23H32. The van der Waals surface area contributed by atoms with Crippen LogP contribution in [0.4, 0.5) is 0 Å². The number of hydrogen-bond donors (Lipinski definition) is 0. The van der Waals surface area contributed by atoms with Gasteiger partial charge in [0.1, 0.15) is 0 Å². The summed E-state index contributed by atoms with van der Waals surface area (Å²) >= 11 is 0. The first kappa shape index (κ1) is 16.6. The second-order valence-electron chi connectivity index (χ2n) is 7.87. The van der Waals surface area contributed by atoms with E-state index in [0.29, 0.717) is 0 Å². The fourth-order valence-corrected chi connectivity index (χ4v) is 4.62. The van der Waals surface area contributed by atoms with Crippen LogP contribution in [0.15, 0.2) is 36.9 Å². The van der Waals surface area contributed by atoms with Crippen LogP contribution in [0.3, 0.4) is 0 Å². The van der Waals surface area contributed by atoms with Gasteiger partial charge in [-0.2, -0.15) is 0 Å². The SMILES string of the molecule is C=CC[C@H]1CC[C@H](C2CC=C(c3ccc(C)c(C)c3)CC2)CC1. The quantitative estimate of drug-likeness (QED) is 0.532. The first-order valence-electron chi connectivity index (χ1n) is 9.55. The first-order valence-corrected chi connectivity index (χ1v) is 9.55. The minimum atomic E-state index is 0.925. The Bertz CT molecular complexity index is 570. The van der Waals surface area contributed by atoms with Gasteiger partial charge in [-0.3, -0.25) is 0 Å². The van der Waals surface area contributed by atoms with Crippen LogP contribution in [0, 0.1) is 31.6 Å². The highest BCUT2D eigenvalue weighted by Crippen LogP contribution is 2.41. The molecule has 0 N–H and O–H groups in total. The molecule has 3 rings (SSSR count). The predicted molar refractivity (Wildman–Crippen MR) is 101 cm³/mol. The summed E-state index contributed by atoms with van der Waals surface area (Å²) < 4.78 is 0. The Morgan fingerprint density at radius 3 is 2.39 bits per heavy atom. The van der Waals surface area contributed by atoms with Gasteiger partial charge in [-0.25, -0.2) is 0 Å². The zero-order valence-electron chi connectivity index (χ0n) is 15.0. The van der Waals surface area contributed by atoms with E-state index in [9.17, 15) is 0 Å². The Morgan fingerprint density at radius 2 is 1.78 bits per heavy atom. The first-order chi connectivity index (χ1) is 11.2. The molecule has 2 aliphatic carbocycles. The van der Waals surface area contributed by atoms with Crippen LogP contribution in [0.5, 0.6) is 0 Å². The number of benzene rings is 1. The van der Waals surface area contributed by atoms with E-state index in [1.807, 2.05) is 0 Å². The van der Waals surface area contributed by atoms with E-state index >= 15 is 0 Å². The molecular weight excluding hydrogens is 276 g/mol. The summed E-state index contributed by atoms with van der Waals surface area (Å²) in [5.74, 6) is 2.84. The molecule has 0 saturated heterocycles. The highest BCUT2D eigenvalue weighted by molar-refractivity contribution is 5.67. The Kier molecular flexibility index (Phi) is 5.41. The summed E-state index contributed by atoms with van der Waals surface area (Å²) in [6, 6.07) is 6.97. The lowest BCUT2D eigenvalue weighted by Crippen LogP contribution is -2.23. The third kappa shape index (κ3) is 3.97. The molecule has 0 nitrogen and oxygen atoms in total. The zero-order chi connectivity index (χ0) is 16.2. The molecule has 0 aromatic heterocycles. The minimum Gasteiger partial charge on any atom is -0.103 e. The maximum atomic E-state index is 3.90. The molecule has 124 valence electrons. The fourth-order valence-electron chi connectivity index (χ4n) is 4.62. The van der Waals surface area contributed by atoms with Gasteiger partial charge < -0.3 is 0 Å². The van der Waals surface area contributed by atoms with E-state index in [4.69, 9.17) is 0 Å². The van der Waals surface area contributed by atoms with Gasteiger partial charge in [0.2, 0.25) is 0 Å². The van der Waals surface area contributed by atoms with Gasteiger partial charge in [0, 0.05) is 0 Å². The summed E-state index contributed by atoms with van der Waals surface area (Å²) in [4.78, 5) is 0. The van der Waals surface area contributed by atoms with Crippen LogP contribution >= 0.6 is 0 Å². The van der Waals surface area contributed by atoms with E-state index in [0.717, 1.165) is 17.8 Å². The van der Waals surface area contributed by atoms with Crippen LogP contribution in [0.1, 0.15) is 68.1 Å². The molecule has 1 atom stereocenters. The number of aryl methyl sites for hydroxylation is 2. The molecule has 23 heavy (non-hydrogen) atoms. The smallest absolute Gasteiger partial charge is 0.0225 e. The molecule has 1 aromatic rings. The van der Waals surface area contributed by atoms with Crippen molar-refractivity contribution in [3.8, 4) is 0 Å². The molecule has 0 spiro atoms. The van der Waals surface area contributed by atoms with Crippen LogP contribution in [0.25, 0.3) is 5.57 Å². The third-order valence-electron chi connectivity index (χ3n) is 6.39. The minimum absolute atomic E-state index is 0.925. The van der Waals surface area contributed by atoms with Crippen LogP contribution < -0.4 is 0 Å². The van der Waals surface area contributed by atoms with Crippen molar-refractivity contribution in [1.82, 2.24) is 0 Å². The van der Waals surface area contributed by atoms with Gasteiger partial charge in [-0.1, -0.05) is 30.4 Å². The normalized spacial score (nSPS) is 28.3. The largest absolute Gasteiger partial charge is 0.103 e. The highest BCUT2D eigenvalue weighted by Gasteiger charge is 2.28. The average Bonchev–Trinajstić information content (AvgIpc) is 2.59. The van der Waals surface area contributed by atoms with Gasteiger partial charge in [0.15, 0.2) is 0 Å². The average molecular weight is 309 g/mol. The Balaban J connectivity index is 1.58. The fraction of sp³-hybridized carbons (Fsp3) is 0.565. The van der Waals surface area contributed by atoms with Gasteiger partial charge in [0.05, 0.1) is 0 Å². The lowest BCUT2D eigenvalue weighted by atomic mass is 9.70. The Hall–Kier alpha value is -1.30. The summed E-state index contributed by atoms with van der Waals surface area (Å²) in [6.45, 7) is 8.33. The Labute approximate surface area is 142 Å². The van der Waals surface area contributed by atoms with E-state index in [1.54, 1.807) is 5.57 Å². The molecule has 0 aliphatic heterocycles. The van der Waals surface area contributed by atoms with Crippen molar-refractivity contribution in [2.75, 3.05) is 0 Å². The summed E-state index contributed by atoms with van der Waals surface area (Å²) in [5.41, 5.74) is 5.87. The number of hydrogen-bond acceptors (Lipinski definition) is 0. The van der Waals surface area contributed by atoms with E-state index in [-0.39, 0.29) is 0 Å². The second kappa shape index (κ2) is 7.51. The molecule has 0 radical (unpaired) electrons. The number of allylic oxidation sites excluding steroid dienone is 3. The molecule has 1 unspecified atom stereocenters. The Morgan fingerprint density at radius 1 is 1.00 bits per heavy atom. The van der Waals surface area contributed by atoms with Gasteiger partial charge in [0.25, 0.3) is 0 Å². The maximum Gasteiger partial charge on any atom is -0.0225 e. The van der Waals surface area contributed by atoms with Crippen molar-refractivity contribution >= 4 is 5.57 Å². The summed E-state index contributed by atoms with van der Waals surface area (Å²) in [5, 5.41) is 0. The monoisotopic (exact) mass is 308 g/mol. The second-order valence-corrected chi connectivity index (χ2v) is 7.87. The van der Waals surface area contributed by atoms with E-state index in [1.165, 1.54) is 68.1 Å². The molecule has 0 heterocycles. The van der Waals surface area contributed by atoms with Crippen LogP contribution in [-0.2, 0) is 0 Å². The molecule has 0 bridgehead atoms. The summed E-state index contributed by atoms with van der Waals surface area (Å²) in [6.07, 6.45) is 15.6. The molecule has 0 heteroatoms. The van der Waals surface area contributed by atoms with Crippen LogP contribution in [0.2, 0.25) is 0 Å². The topological polar surface area (TPSA) is 0 Å². The van der Waals surface area contributed by atoms with Gasteiger partial charge in [-0.15, -0.1) is 6.58 Å². The van der Waals surface area contributed by atoms with Crippen molar-refractivity contribution in [3.63, 3.8) is 0 Å². The molecule has 1 fully saturated rings. The van der Waals surface area contributed by atoms with Crippen molar-refractivity contribution in [1.29, 1.82) is 0 Å². The highest BCUT2D eigenvalue weighted by atomic mass is 14.3. The van der Waals surface area contributed by atoms with E-state index < -0.39 is 0 Å². The van der Waals surface area contributed by atoms with Crippen molar-refractivity contribution in [2.45, 2.75) is 65.2 Å².